The Labute approximate surface area is 208 Å². The molecule has 6 nitrogen and oxygen atoms in total. The Morgan fingerprint density at radius 2 is 1.94 bits per heavy atom. The standard InChI is InChI=1S/C25H35N3O3S.C2H6/c1-4-19-12-20-22(32-19)13-21-23(29)28(14-18-6-5-11-31-18)25(3,15-27(20)21)24(30)26-17-9-7-16(2)8-10-17;1-2/h12-13,16-18H,4-11,14-15H2,1-3H3,(H,26,30);1-2H3. The first-order valence-corrected chi connectivity index (χ1v) is 14.1. The van der Waals surface area contributed by atoms with E-state index >= 15 is 0 Å². The van der Waals surface area contributed by atoms with E-state index in [1.54, 1.807) is 11.3 Å². The number of amides is 2. The average molecular weight is 488 g/mol. The highest BCUT2D eigenvalue weighted by Crippen LogP contribution is 2.37. The smallest absolute Gasteiger partial charge is 0.271 e. The van der Waals surface area contributed by atoms with Crippen molar-refractivity contribution in [2.45, 2.75) is 104 Å². The number of hydrogen-bond acceptors (Lipinski definition) is 4. The first-order valence-electron chi connectivity index (χ1n) is 13.3. The van der Waals surface area contributed by atoms with E-state index in [2.05, 4.69) is 29.8 Å². The number of aryl methyl sites for hydroxylation is 1. The summed E-state index contributed by atoms with van der Waals surface area (Å²) in [5.41, 5.74) is 0.848. The third-order valence-electron chi connectivity index (χ3n) is 7.77. The zero-order chi connectivity index (χ0) is 24.5. The number of ether oxygens (including phenoxy) is 1. The van der Waals surface area contributed by atoms with E-state index in [1.165, 1.54) is 4.88 Å². The summed E-state index contributed by atoms with van der Waals surface area (Å²) in [5.74, 6) is 0.651. The van der Waals surface area contributed by atoms with E-state index in [0.29, 0.717) is 18.8 Å². The van der Waals surface area contributed by atoms with Crippen LogP contribution in [0.1, 0.15) is 88.5 Å². The van der Waals surface area contributed by atoms with Crippen molar-refractivity contribution in [1.82, 2.24) is 14.8 Å². The third kappa shape index (κ3) is 4.66. The molecule has 2 aromatic heterocycles. The molecule has 0 radical (unpaired) electrons. The molecule has 34 heavy (non-hydrogen) atoms. The van der Waals surface area contributed by atoms with Crippen molar-refractivity contribution in [3.05, 3.63) is 22.7 Å². The molecule has 2 unspecified atom stereocenters. The number of rotatable bonds is 5. The van der Waals surface area contributed by atoms with Crippen molar-refractivity contribution in [3.63, 3.8) is 0 Å². The minimum atomic E-state index is -0.931. The van der Waals surface area contributed by atoms with E-state index in [4.69, 9.17) is 4.74 Å². The Morgan fingerprint density at radius 1 is 1.21 bits per heavy atom. The second-order valence-electron chi connectivity index (χ2n) is 10.2. The summed E-state index contributed by atoms with van der Waals surface area (Å²) in [4.78, 5) is 30.6. The Hall–Kier alpha value is -1.86. The van der Waals surface area contributed by atoms with Gasteiger partial charge in [-0.15, -0.1) is 11.3 Å². The van der Waals surface area contributed by atoms with Crippen LogP contribution < -0.4 is 5.32 Å². The van der Waals surface area contributed by atoms with Gasteiger partial charge in [-0.2, -0.15) is 0 Å². The van der Waals surface area contributed by atoms with Gasteiger partial charge in [0.15, 0.2) is 0 Å². The Bertz CT molecular complexity index is 1010. The van der Waals surface area contributed by atoms with Crippen molar-refractivity contribution < 1.29 is 14.3 Å². The van der Waals surface area contributed by atoms with Crippen LogP contribution in [-0.4, -0.2) is 52.1 Å². The van der Waals surface area contributed by atoms with Crippen LogP contribution in [0.5, 0.6) is 0 Å². The van der Waals surface area contributed by atoms with Crippen LogP contribution in [-0.2, 0) is 22.5 Å². The molecule has 0 bridgehead atoms. The van der Waals surface area contributed by atoms with Gasteiger partial charge in [-0.1, -0.05) is 27.7 Å². The first-order chi connectivity index (χ1) is 16.4. The number of nitrogens with zero attached hydrogens (tertiary/aromatic N) is 2. The lowest BCUT2D eigenvalue weighted by Crippen LogP contribution is -2.66. The van der Waals surface area contributed by atoms with E-state index < -0.39 is 5.54 Å². The molecule has 7 heteroatoms. The highest BCUT2D eigenvalue weighted by molar-refractivity contribution is 7.19. The van der Waals surface area contributed by atoms with Crippen molar-refractivity contribution in [2.75, 3.05) is 13.2 Å². The monoisotopic (exact) mass is 487 g/mol. The molecule has 3 aliphatic rings. The van der Waals surface area contributed by atoms with Gasteiger partial charge in [0.25, 0.3) is 5.91 Å². The summed E-state index contributed by atoms with van der Waals surface area (Å²) in [6.45, 7) is 12.1. The van der Waals surface area contributed by atoms with Crippen LogP contribution in [0.25, 0.3) is 10.2 Å². The molecule has 2 atom stereocenters. The SMILES string of the molecule is CC.CCc1cc2c(cc3n2CC(C)(C(=O)NC2CCC(C)CC2)N(CC2CCCO2)C3=O)s1. The van der Waals surface area contributed by atoms with Gasteiger partial charge in [0.05, 0.1) is 22.9 Å². The molecule has 4 heterocycles. The molecule has 1 saturated carbocycles. The number of carbonyl (C=O) groups excluding carboxylic acids is 2. The Kier molecular flexibility index (Phi) is 7.72. The fraction of sp³-hybridized carbons (Fsp3) is 0.704. The molecule has 2 amide bonds. The number of hydrogen-bond donors (Lipinski definition) is 1. The fourth-order valence-corrected chi connectivity index (χ4v) is 6.63. The van der Waals surface area contributed by atoms with E-state index in [1.807, 2.05) is 31.7 Å². The summed E-state index contributed by atoms with van der Waals surface area (Å²) in [7, 11) is 0. The fourth-order valence-electron chi connectivity index (χ4n) is 5.59. The van der Waals surface area contributed by atoms with Crippen molar-refractivity contribution in [1.29, 1.82) is 0 Å². The third-order valence-corrected chi connectivity index (χ3v) is 8.98. The molecule has 1 saturated heterocycles. The maximum atomic E-state index is 13.8. The van der Waals surface area contributed by atoms with Gasteiger partial charge >= 0.3 is 0 Å². The maximum absolute atomic E-state index is 13.8. The van der Waals surface area contributed by atoms with E-state index in [0.717, 1.165) is 67.7 Å². The molecule has 188 valence electrons. The lowest BCUT2D eigenvalue weighted by Gasteiger charge is -2.45. The second kappa shape index (κ2) is 10.4. The molecule has 2 aromatic rings. The molecule has 0 aromatic carbocycles. The average Bonchev–Trinajstić information content (AvgIpc) is 3.57. The molecule has 1 N–H and O–H groups in total. The molecule has 5 rings (SSSR count). The highest BCUT2D eigenvalue weighted by Gasteiger charge is 2.49. The minimum Gasteiger partial charge on any atom is -0.376 e. The lowest BCUT2D eigenvalue weighted by molar-refractivity contribution is -0.134. The zero-order valence-corrected chi connectivity index (χ0v) is 22.3. The van der Waals surface area contributed by atoms with Crippen LogP contribution in [0.15, 0.2) is 12.1 Å². The lowest BCUT2D eigenvalue weighted by atomic mass is 9.86. The number of nitrogens with one attached hydrogen (secondary N) is 1. The highest BCUT2D eigenvalue weighted by atomic mass is 32.1. The quantitative estimate of drug-likeness (QED) is 0.616. The van der Waals surface area contributed by atoms with Gasteiger partial charge in [0.2, 0.25) is 5.91 Å². The largest absolute Gasteiger partial charge is 0.376 e. The molecule has 2 aliphatic heterocycles. The van der Waals surface area contributed by atoms with Crippen molar-refractivity contribution in [2.24, 2.45) is 5.92 Å². The van der Waals surface area contributed by atoms with Crippen LogP contribution >= 0.6 is 11.3 Å². The van der Waals surface area contributed by atoms with Gasteiger partial charge in [-0.25, -0.2) is 0 Å². The van der Waals surface area contributed by atoms with E-state index in [-0.39, 0.29) is 24.0 Å². The van der Waals surface area contributed by atoms with Gasteiger partial charge < -0.3 is 19.5 Å². The summed E-state index contributed by atoms with van der Waals surface area (Å²) in [6, 6.07) is 4.41. The van der Waals surface area contributed by atoms with Crippen molar-refractivity contribution in [3.8, 4) is 0 Å². The van der Waals surface area contributed by atoms with Gasteiger partial charge in [0, 0.05) is 24.1 Å². The predicted octanol–water partition coefficient (Wildman–Crippen LogP) is 5.38. The maximum Gasteiger partial charge on any atom is 0.271 e. The number of thiophene rings is 1. The van der Waals surface area contributed by atoms with Gasteiger partial charge in [-0.05, 0) is 69.9 Å². The Morgan fingerprint density at radius 3 is 2.59 bits per heavy atom. The summed E-state index contributed by atoms with van der Waals surface area (Å²) < 4.78 is 9.09. The molecule has 2 fully saturated rings. The molecular formula is C27H41N3O3S. The zero-order valence-electron chi connectivity index (χ0n) is 21.5. The van der Waals surface area contributed by atoms with Gasteiger partial charge in [0.1, 0.15) is 11.2 Å². The van der Waals surface area contributed by atoms with Crippen LogP contribution in [0.3, 0.4) is 0 Å². The normalized spacial score (nSPS) is 29.0. The number of aromatic nitrogens is 1. The predicted molar refractivity (Wildman–Crippen MR) is 139 cm³/mol. The summed E-state index contributed by atoms with van der Waals surface area (Å²) in [6.07, 6.45) is 7.29. The van der Waals surface area contributed by atoms with Crippen molar-refractivity contribution >= 4 is 33.4 Å². The summed E-state index contributed by atoms with van der Waals surface area (Å²) >= 11 is 1.75. The van der Waals surface area contributed by atoms with Crippen LogP contribution in [0.4, 0.5) is 0 Å². The molecular weight excluding hydrogens is 446 g/mol. The topological polar surface area (TPSA) is 63.6 Å². The second-order valence-corrected chi connectivity index (χ2v) is 11.4. The molecule has 1 aliphatic carbocycles. The minimum absolute atomic E-state index is 0.0101. The first kappa shape index (κ1) is 25.2. The molecule has 0 spiro atoms. The van der Waals surface area contributed by atoms with Crippen LogP contribution in [0.2, 0.25) is 0 Å². The Balaban J connectivity index is 0.00000133. The van der Waals surface area contributed by atoms with Crippen LogP contribution in [0, 0.1) is 5.92 Å². The van der Waals surface area contributed by atoms with Gasteiger partial charge in [-0.3, -0.25) is 9.59 Å². The van der Waals surface area contributed by atoms with E-state index in [9.17, 15) is 9.59 Å². The number of carbonyl (C=O) groups is 2. The summed E-state index contributed by atoms with van der Waals surface area (Å²) in [5, 5.41) is 3.33. The number of fused-ring (bicyclic) bond motifs is 3.